The number of carboxylic acid groups (broad SMARTS) is 1. The van der Waals surface area contributed by atoms with E-state index in [2.05, 4.69) is 15.3 Å². The molecule has 9 nitrogen and oxygen atoms in total. The van der Waals surface area contributed by atoms with Gasteiger partial charge in [0.05, 0.1) is 32.0 Å². The van der Waals surface area contributed by atoms with Crippen molar-refractivity contribution in [1.29, 1.82) is 0 Å². The number of nitrogens with zero attached hydrogens (tertiary/aromatic N) is 3. The van der Waals surface area contributed by atoms with Gasteiger partial charge in [0.2, 0.25) is 4.77 Å². The predicted octanol–water partition coefficient (Wildman–Crippen LogP) is 1.64. The molecule has 0 spiro atoms. The van der Waals surface area contributed by atoms with Gasteiger partial charge in [0.25, 0.3) is 0 Å². The number of carbonyl (C=O) groups excluding carboxylic acids is 1. The maximum Gasteiger partial charge on any atom is 0.216 e. The van der Waals surface area contributed by atoms with Crippen LogP contribution in [-0.2, 0) is 4.79 Å². The van der Waals surface area contributed by atoms with Crippen molar-refractivity contribution in [3.05, 3.63) is 52.8 Å². The fourth-order valence-electron chi connectivity index (χ4n) is 2.47. The highest BCUT2D eigenvalue weighted by Gasteiger charge is 2.14. The maximum absolute atomic E-state index is 10.4. The zero-order valence-corrected chi connectivity index (χ0v) is 16.4. The summed E-state index contributed by atoms with van der Waals surface area (Å²) in [7, 11) is 3.13. The summed E-state index contributed by atoms with van der Waals surface area (Å²) in [5, 5.41) is 21.8. The van der Waals surface area contributed by atoms with Crippen LogP contribution in [0.1, 0.15) is 5.56 Å². The average molecular weight is 413 g/mol. The highest BCUT2D eigenvalue weighted by molar-refractivity contribution is 7.71. The number of carboxylic acids is 1. The second-order valence-electron chi connectivity index (χ2n) is 5.70. The van der Waals surface area contributed by atoms with Crippen LogP contribution in [0, 0.1) is 4.77 Å². The smallest absolute Gasteiger partial charge is 0.216 e. The molecule has 0 fully saturated rings. The lowest BCUT2D eigenvalue weighted by molar-refractivity contribution is -0.307. The molecule has 0 aliphatic carbocycles. The molecule has 0 unspecified atom stereocenters. The molecule has 0 atom stereocenters. The van der Waals surface area contributed by atoms with Gasteiger partial charge in [-0.15, -0.1) is 0 Å². The van der Waals surface area contributed by atoms with E-state index in [1.165, 1.54) is 4.68 Å². The van der Waals surface area contributed by atoms with E-state index in [0.29, 0.717) is 33.4 Å². The second-order valence-corrected chi connectivity index (χ2v) is 6.09. The molecule has 29 heavy (non-hydrogen) atoms. The zero-order chi connectivity index (χ0) is 20.8. The summed E-state index contributed by atoms with van der Waals surface area (Å²) < 4.78 is 17.5. The molecule has 3 rings (SSSR count). The highest BCUT2D eigenvalue weighted by atomic mass is 32.1. The van der Waals surface area contributed by atoms with Crippen LogP contribution in [0.25, 0.3) is 11.4 Å². The van der Waals surface area contributed by atoms with Gasteiger partial charge in [0, 0.05) is 6.07 Å². The Morgan fingerprint density at radius 2 is 1.93 bits per heavy atom. The molecule has 10 heteroatoms. The molecular weight excluding hydrogens is 396 g/mol. The number of aromatic amines is 1. The minimum atomic E-state index is -1.29. The first-order chi connectivity index (χ1) is 14.0. The fourth-order valence-corrected chi connectivity index (χ4v) is 2.65. The lowest BCUT2D eigenvalue weighted by Gasteiger charge is -2.09. The first-order valence-electron chi connectivity index (χ1n) is 8.38. The van der Waals surface area contributed by atoms with Gasteiger partial charge in [0.15, 0.2) is 5.82 Å². The average Bonchev–Trinajstić information content (AvgIpc) is 3.11. The van der Waals surface area contributed by atoms with Crippen LogP contribution in [-0.4, -0.2) is 47.9 Å². The summed E-state index contributed by atoms with van der Waals surface area (Å²) in [4.78, 5) is 10.4. The number of methoxy groups -OCH3 is 2. The van der Waals surface area contributed by atoms with Crippen LogP contribution in [0.3, 0.4) is 0 Å². The SMILES string of the molecule is COc1ccc(-c2n[nH]c(=S)n2/N=C\c2ccc(OCC(=O)[O-])cc2)c(OC)c1. The Morgan fingerprint density at radius 1 is 1.21 bits per heavy atom. The molecule has 1 heterocycles. The van der Waals surface area contributed by atoms with E-state index in [9.17, 15) is 9.90 Å². The number of aromatic nitrogens is 3. The van der Waals surface area contributed by atoms with E-state index < -0.39 is 12.6 Å². The Labute approximate surface area is 171 Å². The first kappa shape index (κ1) is 20.1. The Balaban J connectivity index is 1.87. The third-order valence-corrected chi connectivity index (χ3v) is 4.12. The number of carbonyl (C=O) groups is 1. The standard InChI is InChI=1S/C19H18N4O5S/c1-26-14-7-8-15(16(9-14)27-2)18-21-22-19(29)23(18)20-10-12-3-5-13(6-4-12)28-11-17(24)25/h3-10H,11H2,1-2H3,(H,22,29)(H,24,25)/p-1/b20-10-. The molecule has 2 aromatic carbocycles. The number of aliphatic carboxylic acids is 1. The number of rotatable bonds is 8. The quantitative estimate of drug-likeness (QED) is 0.441. The van der Waals surface area contributed by atoms with Crippen LogP contribution in [0.2, 0.25) is 0 Å². The minimum Gasteiger partial charge on any atom is -0.546 e. The molecule has 150 valence electrons. The Hall–Kier alpha value is -3.66. The van der Waals surface area contributed by atoms with Crippen LogP contribution in [0.4, 0.5) is 0 Å². The molecule has 0 aliphatic rings. The van der Waals surface area contributed by atoms with Crippen molar-refractivity contribution in [2.75, 3.05) is 20.8 Å². The van der Waals surface area contributed by atoms with E-state index in [-0.39, 0.29) is 0 Å². The summed E-state index contributed by atoms with van der Waals surface area (Å²) in [6, 6.07) is 12.1. The van der Waals surface area contributed by atoms with E-state index in [1.54, 1.807) is 62.9 Å². The van der Waals surface area contributed by atoms with Gasteiger partial charge in [-0.25, -0.2) is 5.10 Å². The number of benzene rings is 2. The molecule has 0 radical (unpaired) electrons. The van der Waals surface area contributed by atoms with Crippen molar-refractivity contribution < 1.29 is 24.1 Å². The van der Waals surface area contributed by atoms with E-state index in [4.69, 9.17) is 26.4 Å². The third-order valence-electron chi connectivity index (χ3n) is 3.86. The molecule has 0 amide bonds. The number of hydrogen-bond acceptors (Lipinski definition) is 8. The van der Waals surface area contributed by atoms with E-state index in [1.807, 2.05) is 0 Å². The molecule has 3 aromatic rings. The third kappa shape index (κ3) is 4.79. The predicted molar refractivity (Wildman–Crippen MR) is 106 cm³/mol. The summed E-state index contributed by atoms with van der Waals surface area (Å²) in [6.45, 7) is -0.509. The van der Waals surface area contributed by atoms with Gasteiger partial charge in [-0.3, -0.25) is 0 Å². The summed E-state index contributed by atoms with van der Waals surface area (Å²) >= 11 is 5.28. The zero-order valence-electron chi connectivity index (χ0n) is 15.6. The molecular formula is C19H17N4O5S-. The number of ether oxygens (including phenoxy) is 3. The van der Waals surface area contributed by atoms with Crippen molar-refractivity contribution in [1.82, 2.24) is 14.9 Å². The first-order valence-corrected chi connectivity index (χ1v) is 8.79. The van der Waals surface area contributed by atoms with Gasteiger partial charge >= 0.3 is 0 Å². The molecule has 0 saturated heterocycles. The van der Waals surface area contributed by atoms with Crippen molar-refractivity contribution >= 4 is 24.4 Å². The molecule has 1 aromatic heterocycles. The highest BCUT2D eigenvalue weighted by Crippen LogP contribution is 2.32. The van der Waals surface area contributed by atoms with Gasteiger partial charge < -0.3 is 24.1 Å². The van der Waals surface area contributed by atoms with Crippen molar-refractivity contribution in [3.63, 3.8) is 0 Å². The van der Waals surface area contributed by atoms with Crippen molar-refractivity contribution in [3.8, 4) is 28.6 Å². The lowest BCUT2D eigenvalue weighted by atomic mass is 10.2. The minimum absolute atomic E-state index is 0.308. The van der Waals surface area contributed by atoms with Gasteiger partial charge in [-0.1, -0.05) is 0 Å². The molecule has 0 aliphatic heterocycles. The normalized spacial score (nSPS) is 10.8. The Bertz CT molecular complexity index is 1090. The van der Waals surface area contributed by atoms with Gasteiger partial charge in [-0.05, 0) is 54.2 Å². The van der Waals surface area contributed by atoms with Gasteiger partial charge in [-0.2, -0.15) is 14.9 Å². The largest absolute Gasteiger partial charge is 0.546 e. The van der Waals surface area contributed by atoms with Crippen LogP contribution in [0.5, 0.6) is 17.2 Å². The lowest BCUT2D eigenvalue weighted by Crippen LogP contribution is -2.28. The van der Waals surface area contributed by atoms with Crippen molar-refractivity contribution in [2.24, 2.45) is 5.10 Å². The summed E-state index contributed by atoms with van der Waals surface area (Å²) in [6.07, 6.45) is 1.59. The second kappa shape index (κ2) is 9.02. The van der Waals surface area contributed by atoms with Crippen LogP contribution < -0.4 is 19.3 Å². The molecule has 1 N–H and O–H groups in total. The Kier molecular flexibility index (Phi) is 6.25. The van der Waals surface area contributed by atoms with Crippen LogP contribution >= 0.6 is 12.2 Å². The number of hydrogen-bond donors (Lipinski definition) is 1. The summed E-state index contributed by atoms with van der Waals surface area (Å²) in [5.74, 6) is 0.807. The van der Waals surface area contributed by atoms with Crippen molar-refractivity contribution in [2.45, 2.75) is 0 Å². The molecule has 0 bridgehead atoms. The van der Waals surface area contributed by atoms with Crippen LogP contribution in [0.15, 0.2) is 47.6 Å². The van der Waals surface area contributed by atoms with E-state index in [0.717, 1.165) is 5.56 Å². The van der Waals surface area contributed by atoms with Gasteiger partial charge in [0.1, 0.15) is 23.9 Å². The number of H-pyrrole nitrogens is 1. The number of nitrogens with one attached hydrogen (secondary N) is 1. The van der Waals surface area contributed by atoms with E-state index >= 15 is 0 Å². The molecule has 0 saturated carbocycles. The topological polar surface area (TPSA) is 114 Å². The maximum atomic E-state index is 10.4. The summed E-state index contributed by atoms with van der Waals surface area (Å²) in [5.41, 5.74) is 1.44. The monoisotopic (exact) mass is 413 g/mol. The fraction of sp³-hybridized carbons (Fsp3) is 0.158. The Morgan fingerprint density at radius 3 is 2.59 bits per heavy atom.